The highest BCUT2D eigenvalue weighted by molar-refractivity contribution is 5.98. The number of rotatable bonds is 8. The highest BCUT2D eigenvalue weighted by Crippen LogP contribution is 2.20. The van der Waals surface area contributed by atoms with Crippen molar-refractivity contribution >= 4 is 22.6 Å². The van der Waals surface area contributed by atoms with Crippen molar-refractivity contribution in [3.05, 3.63) is 74.4 Å². The van der Waals surface area contributed by atoms with Gasteiger partial charge in [0.25, 0.3) is 11.5 Å². The van der Waals surface area contributed by atoms with E-state index in [1.54, 1.807) is 29.9 Å². The molecular weight excluding hydrogens is 470 g/mol. The first-order valence-corrected chi connectivity index (χ1v) is 13.0. The minimum Gasteiger partial charge on any atom is -0.497 e. The Balaban J connectivity index is 1.65. The van der Waals surface area contributed by atoms with Crippen molar-refractivity contribution in [2.24, 2.45) is 5.92 Å². The fourth-order valence-corrected chi connectivity index (χ4v) is 5.03. The van der Waals surface area contributed by atoms with Gasteiger partial charge in [0.05, 0.1) is 24.6 Å². The van der Waals surface area contributed by atoms with Crippen molar-refractivity contribution in [3.63, 3.8) is 0 Å². The predicted octanol–water partition coefficient (Wildman–Crippen LogP) is 3.59. The Kier molecular flexibility index (Phi) is 6.86. The number of hydrogen-bond acceptors (Lipinski definition) is 5. The number of nitrogens with zero attached hydrogens (tertiary/aromatic N) is 4. The number of hydrogen-bond donors (Lipinski definition) is 1. The molecule has 0 aliphatic heterocycles. The first kappa shape index (κ1) is 24.8. The minimum atomic E-state index is -0.366. The number of aryl methyl sites for hydroxylation is 1. The monoisotopic (exact) mass is 503 g/mol. The summed E-state index contributed by atoms with van der Waals surface area (Å²) in [7, 11) is 1.59. The van der Waals surface area contributed by atoms with Gasteiger partial charge in [-0.15, -0.1) is 5.10 Å². The smallest absolute Gasteiger partial charge is 0.352 e. The summed E-state index contributed by atoms with van der Waals surface area (Å²) < 4.78 is 9.71. The van der Waals surface area contributed by atoms with Gasteiger partial charge >= 0.3 is 5.69 Å². The van der Waals surface area contributed by atoms with Crippen molar-refractivity contribution in [3.8, 4) is 5.75 Å². The predicted molar refractivity (Wildman–Crippen MR) is 142 cm³/mol. The highest BCUT2D eigenvalue weighted by Gasteiger charge is 2.21. The molecule has 0 saturated heterocycles. The van der Waals surface area contributed by atoms with Gasteiger partial charge in [0.1, 0.15) is 5.75 Å². The van der Waals surface area contributed by atoms with Crippen LogP contribution in [0.3, 0.4) is 0 Å². The lowest BCUT2D eigenvalue weighted by atomic mass is 10.1. The molecule has 1 amide bonds. The fourth-order valence-electron chi connectivity index (χ4n) is 5.03. The molecule has 0 spiro atoms. The Morgan fingerprint density at radius 2 is 1.92 bits per heavy atom. The molecule has 194 valence electrons. The van der Waals surface area contributed by atoms with E-state index in [1.165, 1.54) is 9.08 Å². The van der Waals surface area contributed by atoms with E-state index in [0.29, 0.717) is 34.7 Å². The maximum Gasteiger partial charge on any atom is 0.352 e. The molecule has 2 aromatic heterocycles. The van der Waals surface area contributed by atoms with Crippen LogP contribution in [0.2, 0.25) is 0 Å². The maximum absolute atomic E-state index is 13.7. The molecule has 0 bridgehead atoms. The molecule has 9 nitrogen and oxygen atoms in total. The van der Waals surface area contributed by atoms with Gasteiger partial charge in [0, 0.05) is 18.2 Å². The van der Waals surface area contributed by atoms with Crippen molar-refractivity contribution in [2.75, 3.05) is 7.11 Å². The van der Waals surface area contributed by atoms with Crippen LogP contribution in [0.4, 0.5) is 0 Å². The number of aromatic nitrogens is 4. The number of carbonyl (C=O) groups excluding carboxylic acids is 1. The Bertz CT molecular complexity index is 1570. The van der Waals surface area contributed by atoms with E-state index < -0.39 is 0 Å². The molecule has 1 N–H and O–H groups in total. The average molecular weight is 504 g/mol. The third-order valence-corrected chi connectivity index (χ3v) is 7.13. The van der Waals surface area contributed by atoms with Gasteiger partial charge in [0.2, 0.25) is 5.78 Å². The van der Waals surface area contributed by atoms with Crippen molar-refractivity contribution in [2.45, 2.75) is 65.1 Å². The largest absolute Gasteiger partial charge is 0.497 e. The second kappa shape index (κ2) is 10.2. The summed E-state index contributed by atoms with van der Waals surface area (Å²) in [4.78, 5) is 40.2. The van der Waals surface area contributed by atoms with Crippen LogP contribution >= 0.6 is 0 Å². The lowest BCUT2D eigenvalue weighted by Crippen LogP contribution is -2.33. The Labute approximate surface area is 214 Å². The fraction of sp³-hybridized carbons (Fsp3) is 0.429. The van der Waals surface area contributed by atoms with Crippen molar-refractivity contribution < 1.29 is 9.53 Å². The van der Waals surface area contributed by atoms with Gasteiger partial charge in [-0.05, 0) is 61.1 Å². The summed E-state index contributed by atoms with van der Waals surface area (Å²) in [5, 5.41) is 8.07. The molecule has 37 heavy (non-hydrogen) atoms. The summed E-state index contributed by atoms with van der Waals surface area (Å²) >= 11 is 0. The summed E-state index contributed by atoms with van der Waals surface area (Å²) in [6.45, 7) is 4.84. The summed E-state index contributed by atoms with van der Waals surface area (Å²) in [6, 6.07) is 12.6. The lowest BCUT2D eigenvalue weighted by Gasteiger charge is -2.14. The second-order valence-electron chi connectivity index (χ2n) is 10.3. The molecule has 0 unspecified atom stereocenters. The molecular formula is C28H33N5O4. The summed E-state index contributed by atoms with van der Waals surface area (Å²) in [5.41, 5.74) is 1.08. The molecule has 1 aliphatic carbocycles. The molecule has 2 heterocycles. The van der Waals surface area contributed by atoms with Crippen LogP contribution in [0, 0.1) is 5.92 Å². The van der Waals surface area contributed by atoms with E-state index in [1.807, 2.05) is 24.3 Å². The number of ether oxygens (including phenoxy) is 1. The van der Waals surface area contributed by atoms with Crippen LogP contribution in [0.1, 0.15) is 61.9 Å². The standard InChI is InChI=1S/C28H33N5O4/c1-18(2)13-14-31-26(35)23-12-11-20(25(34)29-21-8-4-5-9-21)16-24(23)33-27(31)30-32(28(33)36)17-19-7-6-10-22(15-19)37-3/h6-7,10-12,15-16,18,21H,4-5,8-9,13-14,17H2,1-3H3,(H,29,34). The van der Waals surface area contributed by atoms with Crippen molar-refractivity contribution in [1.29, 1.82) is 0 Å². The van der Waals surface area contributed by atoms with E-state index in [9.17, 15) is 14.4 Å². The van der Waals surface area contributed by atoms with Gasteiger partial charge in [-0.1, -0.05) is 38.8 Å². The topological polar surface area (TPSA) is 99.6 Å². The van der Waals surface area contributed by atoms with Crippen molar-refractivity contribution in [1.82, 2.24) is 24.1 Å². The van der Waals surface area contributed by atoms with E-state index >= 15 is 0 Å². The van der Waals surface area contributed by atoms with Crippen LogP contribution < -0.4 is 21.3 Å². The van der Waals surface area contributed by atoms with Gasteiger partial charge in [-0.25, -0.2) is 13.9 Å². The zero-order valence-electron chi connectivity index (χ0n) is 21.6. The van der Waals surface area contributed by atoms with Gasteiger partial charge in [-0.2, -0.15) is 0 Å². The lowest BCUT2D eigenvalue weighted by molar-refractivity contribution is 0.0938. The van der Waals surface area contributed by atoms with Crippen LogP contribution in [-0.2, 0) is 13.1 Å². The number of amides is 1. The van der Waals surface area contributed by atoms with Gasteiger partial charge in [-0.3, -0.25) is 14.2 Å². The van der Waals surface area contributed by atoms with Crippen LogP contribution in [0.25, 0.3) is 16.7 Å². The quantitative estimate of drug-likeness (QED) is 0.396. The first-order valence-electron chi connectivity index (χ1n) is 13.0. The molecule has 1 fully saturated rings. The Hall–Kier alpha value is -3.88. The SMILES string of the molecule is COc1cccc(Cn2nc3n(CCC(C)C)c(=O)c4ccc(C(=O)NC5CCCC5)cc4n3c2=O)c1. The zero-order valence-corrected chi connectivity index (χ0v) is 21.6. The zero-order chi connectivity index (χ0) is 26.1. The third-order valence-electron chi connectivity index (χ3n) is 7.13. The number of fused-ring (bicyclic) bond motifs is 3. The van der Waals surface area contributed by atoms with E-state index in [4.69, 9.17) is 4.74 Å². The maximum atomic E-state index is 13.7. The highest BCUT2D eigenvalue weighted by atomic mass is 16.5. The minimum absolute atomic E-state index is 0.167. The molecule has 5 rings (SSSR count). The van der Waals surface area contributed by atoms with Gasteiger partial charge < -0.3 is 10.1 Å². The van der Waals surface area contributed by atoms with Crippen LogP contribution in [0.5, 0.6) is 5.75 Å². The number of methoxy groups -OCH3 is 1. The number of benzene rings is 2. The summed E-state index contributed by atoms with van der Waals surface area (Å²) in [5.74, 6) is 1.14. The van der Waals surface area contributed by atoms with Gasteiger partial charge in [0.15, 0.2) is 0 Å². The first-order chi connectivity index (χ1) is 17.9. The summed E-state index contributed by atoms with van der Waals surface area (Å²) in [6.07, 6.45) is 4.93. The normalized spacial score (nSPS) is 14.2. The molecule has 1 aliphatic rings. The Morgan fingerprint density at radius 3 is 2.65 bits per heavy atom. The number of nitrogens with one attached hydrogen (secondary N) is 1. The molecule has 0 atom stereocenters. The number of carbonyl (C=O) groups is 1. The molecule has 9 heteroatoms. The second-order valence-corrected chi connectivity index (χ2v) is 10.3. The molecule has 0 radical (unpaired) electrons. The average Bonchev–Trinajstić information content (AvgIpc) is 3.51. The van der Waals surface area contributed by atoms with Crippen LogP contribution in [-0.4, -0.2) is 37.8 Å². The van der Waals surface area contributed by atoms with E-state index in [2.05, 4.69) is 24.3 Å². The molecule has 2 aromatic carbocycles. The van der Waals surface area contributed by atoms with E-state index in [-0.39, 0.29) is 35.5 Å². The molecule has 1 saturated carbocycles. The third kappa shape index (κ3) is 4.90. The van der Waals surface area contributed by atoms with E-state index in [0.717, 1.165) is 37.7 Å². The molecule has 4 aromatic rings. The van der Waals surface area contributed by atoms with Crippen LogP contribution in [0.15, 0.2) is 52.1 Å². The Morgan fingerprint density at radius 1 is 1.14 bits per heavy atom.